The molecule has 0 fully saturated rings. The van der Waals surface area contributed by atoms with E-state index in [1.54, 1.807) is 13.0 Å². The predicted octanol–water partition coefficient (Wildman–Crippen LogP) is 5.32. The summed E-state index contributed by atoms with van der Waals surface area (Å²) >= 11 is 0. The topological polar surface area (TPSA) is 64.6 Å². The monoisotopic (exact) mass is 489 g/mol. The van der Waals surface area contributed by atoms with Gasteiger partial charge in [0.25, 0.3) is 10.0 Å². The molecule has 0 aliphatic heterocycles. The van der Waals surface area contributed by atoms with E-state index >= 15 is 0 Å². The van der Waals surface area contributed by atoms with Crippen molar-refractivity contribution in [1.82, 2.24) is 0 Å². The molecule has 2 aromatic carbocycles. The highest BCUT2D eigenvalue weighted by molar-refractivity contribution is 7.92. The Morgan fingerprint density at radius 3 is 2.00 bits per heavy atom. The van der Waals surface area contributed by atoms with Crippen LogP contribution in [0, 0.1) is 13.8 Å². The number of sulfonamides is 1. The first-order valence-electron chi connectivity index (χ1n) is 8.82. The summed E-state index contributed by atoms with van der Waals surface area (Å²) < 4.78 is 125. The molecule has 0 aliphatic carbocycles. The molecule has 0 amide bonds. The third kappa shape index (κ3) is 7.18. The fourth-order valence-electron chi connectivity index (χ4n) is 2.41. The third-order valence-electron chi connectivity index (χ3n) is 3.92. The zero-order chi connectivity index (χ0) is 24.3. The third-order valence-corrected chi connectivity index (χ3v) is 5.44. The van der Waals surface area contributed by atoms with E-state index in [-0.39, 0.29) is 10.6 Å². The summed E-state index contributed by atoms with van der Waals surface area (Å²) in [6, 6.07) is 7.01. The van der Waals surface area contributed by atoms with Gasteiger partial charge in [-0.3, -0.25) is 4.72 Å². The number of hydrogen-bond acceptors (Lipinski definition) is 4. The van der Waals surface area contributed by atoms with Crippen LogP contribution in [-0.2, 0) is 10.0 Å². The van der Waals surface area contributed by atoms with Crippen molar-refractivity contribution in [2.24, 2.45) is 0 Å². The highest BCUT2D eigenvalue weighted by Crippen LogP contribution is 2.31. The van der Waals surface area contributed by atoms with Gasteiger partial charge in [-0.05, 0) is 31.0 Å². The molecule has 0 aliphatic rings. The van der Waals surface area contributed by atoms with Gasteiger partial charge in [-0.2, -0.15) is 22.0 Å². The van der Waals surface area contributed by atoms with Crippen LogP contribution in [0.4, 0.5) is 36.4 Å². The minimum absolute atomic E-state index is 0.134. The van der Waals surface area contributed by atoms with Crippen LogP contribution in [0.1, 0.15) is 11.1 Å². The zero-order valence-corrected chi connectivity index (χ0v) is 17.5. The summed E-state index contributed by atoms with van der Waals surface area (Å²) in [6.07, 6.45) is -8.80. The highest BCUT2D eigenvalue weighted by Gasteiger charge is 2.41. The SMILES string of the molecule is Cc1ccc(C)c(S(=O)(=O)Nc2cc(OCC(F)(F)F)cc(OCC(F)(F)C(F)F)c2)c1. The molecule has 0 radical (unpaired) electrons. The standard InChI is InChI=1S/C19H18F7NO4S/c1-11-3-4-12(2)16(5-11)32(28,29)27-13-6-14(30-9-18(22,23)17(20)21)8-15(7-13)31-10-19(24,25)26/h3-8,17,27H,9-10H2,1-2H3. The lowest BCUT2D eigenvalue weighted by Crippen LogP contribution is -2.33. The smallest absolute Gasteiger partial charge is 0.422 e. The number of ether oxygens (including phenoxy) is 2. The highest BCUT2D eigenvalue weighted by atomic mass is 32.2. The number of aryl methyl sites for hydroxylation is 2. The van der Waals surface area contributed by atoms with E-state index in [2.05, 4.69) is 14.2 Å². The first kappa shape index (κ1) is 25.6. The van der Waals surface area contributed by atoms with E-state index in [0.717, 1.165) is 18.2 Å². The second kappa shape index (κ2) is 9.43. The van der Waals surface area contributed by atoms with Crippen molar-refractivity contribution in [3.63, 3.8) is 0 Å². The molecule has 2 rings (SSSR count). The van der Waals surface area contributed by atoms with Gasteiger partial charge in [-0.1, -0.05) is 12.1 Å². The quantitative estimate of drug-likeness (QED) is 0.484. The lowest BCUT2D eigenvalue weighted by Gasteiger charge is -2.18. The minimum atomic E-state index is -4.75. The Balaban J connectivity index is 2.38. The van der Waals surface area contributed by atoms with Crippen molar-refractivity contribution in [2.45, 2.75) is 37.3 Å². The predicted molar refractivity (Wildman–Crippen MR) is 101 cm³/mol. The Morgan fingerprint density at radius 2 is 1.47 bits per heavy atom. The number of alkyl halides is 7. The molecule has 0 saturated carbocycles. The van der Waals surface area contributed by atoms with Gasteiger partial charge in [0.15, 0.2) is 13.2 Å². The molecule has 0 atom stereocenters. The molecule has 32 heavy (non-hydrogen) atoms. The van der Waals surface area contributed by atoms with E-state index in [1.807, 2.05) is 0 Å². The molecular weight excluding hydrogens is 471 g/mol. The van der Waals surface area contributed by atoms with Crippen molar-refractivity contribution >= 4 is 15.7 Å². The molecule has 0 spiro atoms. The second-order valence-electron chi connectivity index (χ2n) is 6.82. The van der Waals surface area contributed by atoms with Crippen LogP contribution in [0.15, 0.2) is 41.3 Å². The zero-order valence-electron chi connectivity index (χ0n) is 16.6. The Hall–Kier alpha value is -2.70. The van der Waals surface area contributed by atoms with E-state index < -0.39 is 53.3 Å². The molecule has 5 nitrogen and oxygen atoms in total. The van der Waals surface area contributed by atoms with Gasteiger partial charge in [0.05, 0.1) is 10.6 Å². The van der Waals surface area contributed by atoms with E-state index in [4.69, 9.17) is 0 Å². The number of anilines is 1. The minimum Gasteiger partial charge on any atom is -0.487 e. The first-order valence-corrected chi connectivity index (χ1v) is 10.3. The summed E-state index contributed by atoms with van der Waals surface area (Å²) in [7, 11) is -4.25. The maximum atomic E-state index is 13.1. The first-order chi connectivity index (χ1) is 14.6. The van der Waals surface area contributed by atoms with E-state index in [9.17, 15) is 39.2 Å². The van der Waals surface area contributed by atoms with Crippen molar-refractivity contribution < 1.29 is 48.6 Å². The van der Waals surface area contributed by atoms with Crippen LogP contribution >= 0.6 is 0 Å². The Kier molecular flexibility index (Phi) is 7.53. The van der Waals surface area contributed by atoms with E-state index in [0.29, 0.717) is 11.1 Å². The van der Waals surface area contributed by atoms with E-state index in [1.165, 1.54) is 19.1 Å². The normalized spacial score (nSPS) is 12.7. The summed E-state index contributed by atoms with van der Waals surface area (Å²) in [5.74, 6) is -5.73. The van der Waals surface area contributed by atoms with Crippen molar-refractivity contribution in [3.05, 3.63) is 47.5 Å². The van der Waals surface area contributed by atoms with Gasteiger partial charge in [-0.25, -0.2) is 17.2 Å². The van der Waals surface area contributed by atoms with Crippen LogP contribution in [-0.4, -0.2) is 40.2 Å². The molecule has 0 unspecified atom stereocenters. The fraction of sp³-hybridized carbons (Fsp3) is 0.368. The Labute approximate surface area is 179 Å². The fourth-order valence-corrected chi connectivity index (χ4v) is 3.78. The van der Waals surface area contributed by atoms with Gasteiger partial charge in [-0.15, -0.1) is 0 Å². The van der Waals surface area contributed by atoms with Crippen LogP contribution in [0.2, 0.25) is 0 Å². The summed E-state index contributed by atoms with van der Waals surface area (Å²) in [4.78, 5) is -0.134. The lowest BCUT2D eigenvalue weighted by atomic mass is 10.2. The summed E-state index contributed by atoms with van der Waals surface area (Å²) in [5.41, 5.74) is 0.582. The number of halogens is 7. The molecule has 0 saturated heterocycles. The van der Waals surface area contributed by atoms with Gasteiger partial charge >= 0.3 is 18.5 Å². The molecule has 0 aromatic heterocycles. The molecule has 1 N–H and O–H groups in total. The van der Waals surface area contributed by atoms with Gasteiger partial charge in [0, 0.05) is 18.2 Å². The van der Waals surface area contributed by atoms with Crippen LogP contribution in [0.25, 0.3) is 0 Å². The van der Waals surface area contributed by atoms with Crippen molar-refractivity contribution in [1.29, 1.82) is 0 Å². The number of rotatable bonds is 9. The number of hydrogen-bond donors (Lipinski definition) is 1. The molecule has 2 aromatic rings. The number of nitrogens with one attached hydrogen (secondary N) is 1. The summed E-state index contributed by atoms with van der Waals surface area (Å²) in [6.45, 7) is -0.416. The molecule has 0 bridgehead atoms. The van der Waals surface area contributed by atoms with Crippen LogP contribution in [0.3, 0.4) is 0 Å². The molecule has 13 heteroatoms. The number of benzene rings is 2. The molecule has 178 valence electrons. The lowest BCUT2D eigenvalue weighted by molar-refractivity contribution is -0.153. The van der Waals surface area contributed by atoms with Crippen LogP contribution in [0.5, 0.6) is 11.5 Å². The average Bonchev–Trinajstić information content (AvgIpc) is 2.65. The van der Waals surface area contributed by atoms with Gasteiger partial charge in [0.1, 0.15) is 11.5 Å². The summed E-state index contributed by atoms with van der Waals surface area (Å²) in [5, 5.41) is 0. The Bertz CT molecular complexity index is 1060. The average molecular weight is 489 g/mol. The van der Waals surface area contributed by atoms with Crippen molar-refractivity contribution in [2.75, 3.05) is 17.9 Å². The maximum absolute atomic E-state index is 13.1. The second-order valence-corrected chi connectivity index (χ2v) is 8.47. The largest absolute Gasteiger partial charge is 0.487 e. The maximum Gasteiger partial charge on any atom is 0.422 e. The Morgan fingerprint density at radius 1 is 0.906 bits per heavy atom. The molecular formula is C19H18F7NO4S. The van der Waals surface area contributed by atoms with Crippen molar-refractivity contribution in [3.8, 4) is 11.5 Å². The van der Waals surface area contributed by atoms with Gasteiger partial charge < -0.3 is 9.47 Å². The van der Waals surface area contributed by atoms with Crippen LogP contribution < -0.4 is 14.2 Å². The molecule has 0 heterocycles. The van der Waals surface area contributed by atoms with Gasteiger partial charge in [0.2, 0.25) is 0 Å².